The number of imidazole rings is 1. The molecule has 2 saturated heterocycles. The SMILES string of the molecule is CNc1nc(Cl)nc2c1ncn2[C@@H]1S[C@H](C(=O)N2CCOCC2)[C@@H](O)[C@H]1O. The van der Waals surface area contributed by atoms with E-state index in [0.717, 1.165) is 0 Å². The molecule has 0 unspecified atom stereocenters. The average Bonchev–Trinajstić information content (AvgIpc) is 3.22. The standard InChI is InChI=1S/C15H19ClN6O4S/c1-17-11-7-12(20-15(16)19-11)22(6-18-7)14-9(24)8(23)10(27-14)13(25)21-2-4-26-5-3-21/h6,8-10,14,23-24H,2-5H2,1H3,(H,17,19,20)/t8-,9+,10-,14+/m0/s1. The molecule has 4 heterocycles. The van der Waals surface area contributed by atoms with Gasteiger partial charge in [0.15, 0.2) is 17.0 Å². The molecule has 2 aliphatic rings. The summed E-state index contributed by atoms with van der Waals surface area (Å²) in [6.07, 6.45) is -0.853. The van der Waals surface area contributed by atoms with E-state index in [1.165, 1.54) is 18.1 Å². The van der Waals surface area contributed by atoms with Crippen molar-refractivity contribution in [3.05, 3.63) is 11.6 Å². The molecule has 0 aromatic carbocycles. The van der Waals surface area contributed by atoms with Gasteiger partial charge in [-0.15, -0.1) is 11.8 Å². The molecule has 4 atom stereocenters. The van der Waals surface area contributed by atoms with Gasteiger partial charge in [0.25, 0.3) is 0 Å². The number of nitrogens with one attached hydrogen (secondary N) is 1. The van der Waals surface area contributed by atoms with Crippen LogP contribution in [0, 0.1) is 0 Å². The van der Waals surface area contributed by atoms with Crippen LogP contribution in [0.5, 0.6) is 0 Å². The van der Waals surface area contributed by atoms with E-state index in [-0.39, 0.29) is 11.2 Å². The summed E-state index contributed by atoms with van der Waals surface area (Å²) in [5.74, 6) is 0.257. The minimum atomic E-state index is -1.20. The molecule has 2 fully saturated rings. The number of rotatable bonds is 3. The number of hydrogen-bond acceptors (Lipinski definition) is 9. The molecule has 0 bridgehead atoms. The maximum Gasteiger partial charge on any atom is 0.238 e. The first-order valence-electron chi connectivity index (χ1n) is 8.47. The maximum absolute atomic E-state index is 12.8. The van der Waals surface area contributed by atoms with Crippen LogP contribution >= 0.6 is 23.4 Å². The van der Waals surface area contributed by atoms with Crippen LogP contribution in [0.1, 0.15) is 5.37 Å². The zero-order valence-corrected chi connectivity index (χ0v) is 16.0. The minimum absolute atomic E-state index is 0.0348. The fraction of sp³-hybridized carbons (Fsp3) is 0.600. The van der Waals surface area contributed by atoms with Crippen molar-refractivity contribution in [1.82, 2.24) is 24.4 Å². The third-order valence-electron chi connectivity index (χ3n) is 4.71. The van der Waals surface area contributed by atoms with Crippen molar-refractivity contribution in [3.8, 4) is 0 Å². The number of aliphatic hydroxyl groups is 2. The Hall–Kier alpha value is -1.66. The van der Waals surface area contributed by atoms with Crippen LogP contribution in [0.2, 0.25) is 5.28 Å². The Morgan fingerprint density at radius 2 is 2.07 bits per heavy atom. The topological polar surface area (TPSA) is 126 Å². The van der Waals surface area contributed by atoms with Gasteiger partial charge in [-0.3, -0.25) is 9.36 Å². The van der Waals surface area contributed by atoms with Crippen molar-refractivity contribution in [2.75, 3.05) is 38.7 Å². The predicted octanol–water partition coefficient (Wildman–Crippen LogP) is -0.284. The maximum atomic E-state index is 12.8. The first-order chi connectivity index (χ1) is 13.0. The first-order valence-corrected chi connectivity index (χ1v) is 9.79. The summed E-state index contributed by atoms with van der Waals surface area (Å²) in [5.41, 5.74) is 0.912. The Kier molecular flexibility index (Phi) is 5.12. The number of carbonyl (C=O) groups is 1. The van der Waals surface area contributed by atoms with E-state index in [9.17, 15) is 15.0 Å². The van der Waals surface area contributed by atoms with Gasteiger partial charge in [-0.25, -0.2) is 4.98 Å². The third kappa shape index (κ3) is 3.23. The number of ether oxygens (including phenoxy) is 1. The van der Waals surface area contributed by atoms with E-state index in [0.29, 0.717) is 43.3 Å². The van der Waals surface area contributed by atoms with Gasteiger partial charge in [0.1, 0.15) is 22.8 Å². The fourth-order valence-corrected chi connectivity index (χ4v) is 4.97. The highest BCUT2D eigenvalue weighted by Crippen LogP contribution is 2.44. The van der Waals surface area contributed by atoms with Crippen LogP contribution in [0.4, 0.5) is 5.82 Å². The summed E-state index contributed by atoms with van der Waals surface area (Å²) >= 11 is 7.18. The van der Waals surface area contributed by atoms with Gasteiger partial charge < -0.3 is 25.2 Å². The summed E-state index contributed by atoms with van der Waals surface area (Å²) in [7, 11) is 1.69. The van der Waals surface area contributed by atoms with Crippen molar-refractivity contribution in [1.29, 1.82) is 0 Å². The van der Waals surface area contributed by atoms with Crippen LogP contribution in [0.25, 0.3) is 11.2 Å². The molecular weight excluding hydrogens is 396 g/mol. The molecule has 0 saturated carbocycles. The lowest BCUT2D eigenvalue weighted by molar-refractivity contribution is -0.137. The van der Waals surface area contributed by atoms with Crippen molar-refractivity contribution in [2.45, 2.75) is 22.8 Å². The quantitative estimate of drug-likeness (QED) is 0.581. The first kappa shape index (κ1) is 18.7. The zero-order chi connectivity index (χ0) is 19.1. The number of aliphatic hydroxyl groups excluding tert-OH is 2. The summed E-state index contributed by atoms with van der Waals surface area (Å²) in [4.78, 5) is 27.0. The smallest absolute Gasteiger partial charge is 0.238 e. The molecule has 0 radical (unpaired) electrons. The molecule has 2 aliphatic heterocycles. The van der Waals surface area contributed by atoms with Crippen LogP contribution in [0.15, 0.2) is 6.33 Å². The number of nitrogens with zero attached hydrogens (tertiary/aromatic N) is 5. The molecule has 0 spiro atoms. The molecule has 12 heteroatoms. The van der Waals surface area contributed by atoms with Crippen LogP contribution in [0.3, 0.4) is 0 Å². The van der Waals surface area contributed by atoms with Crippen molar-refractivity contribution in [2.24, 2.45) is 0 Å². The minimum Gasteiger partial charge on any atom is -0.389 e. The average molecular weight is 415 g/mol. The lowest BCUT2D eigenvalue weighted by atomic mass is 10.1. The number of hydrogen-bond donors (Lipinski definition) is 3. The number of thioether (sulfide) groups is 1. The number of anilines is 1. The predicted molar refractivity (Wildman–Crippen MR) is 99.7 cm³/mol. The number of morpholine rings is 1. The Morgan fingerprint density at radius 1 is 1.33 bits per heavy atom. The number of carbonyl (C=O) groups excluding carboxylic acids is 1. The lowest BCUT2D eigenvalue weighted by Crippen LogP contribution is -2.48. The van der Waals surface area contributed by atoms with Gasteiger partial charge in [-0.2, -0.15) is 9.97 Å². The van der Waals surface area contributed by atoms with Gasteiger partial charge >= 0.3 is 0 Å². The van der Waals surface area contributed by atoms with Crippen molar-refractivity contribution < 1.29 is 19.7 Å². The summed E-state index contributed by atoms with van der Waals surface area (Å²) in [5, 5.41) is 22.6. The number of halogens is 1. The molecule has 27 heavy (non-hydrogen) atoms. The second kappa shape index (κ2) is 7.40. The van der Waals surface area contributed by atoms with E-state index in [1.807, 2.05) is 0 Å². The van der Waals surface area contributed by atoms with Gasteiger partial charge in [0.2, 0.25) is 11.2 Å². The highest BCUT2D eigenvalue weighted by molar-refractivity contribution is 8.01. The summed E-state index contributed by atoms with van der Waals surface area (Å²) in [6, 6.07) is 0. The highest BCUT2D eigenvalue weighted by atomic mass is 35.5. The normalized spacial score (nSPS) is 28.7. The molecule has 0 aliphatic carbocycles. The molecule has 2 aromatic rings. The van der Waals surface area contributed by atoms with Gasteiger partial charge in [0.05, 0.1) is 19.5 Å². The zero-order valence-electron chi connectivity index (χ0n) is 14.4. The highest BCUT2D eigenvalue weighted by Gasteiger charge is 2.48. The van der Waals surface area contributed by atoms with Crippen LogP contribution in [-0.2, 0) is 9.53 Å². The Labute approximate surface area is 163 Å². The molecule has 146 valence electrons. The van der Waals surface area contributed by atoms with Crippen molar-refractivity contribution >= 4 is 46.3 Å². The lowest BCUT2D eigenvalue weighted by Gasteiger charge is -2.29. The monoisotopic (exact) mass is 414 g/mol. The Morgan fingerprint density at radius 3 is 2.78 bits per heavy atom. The van der Waals surface area contributed by atoms with Gasteiger partial charge in [-0.1, -0.05) is 0 Å². The largest absolute Gasteiger partial charge is 0.389 e. The summed E-state index contributed by atoms with van der Waals surface area (Å²) < 4.78 is 6.88. The summed E-state index contributed by atoms with van der Waals surface area (Å²) in [6.45, 7) is 1.90. The second-order valence-electron chi connectivity index (χ2n) is 6.28. The molecule has 1 amide bonds. The van der Waals surface area contributed by atoms with Crippen LogP contribution < -0.4 is 5.32 Å². The molecule has 4 rings (SSSR count). The van der Waals surface area contributed by atoms with Gasteiger partial charge in [-0.05, 0) is 11.6 Å². The Bertz CT molecular complexity index is 860. The third-order valence-corrected chi connectivity index (χ3v) is 6.44. The van der Waals surface area contributed by atoms with Crippen molar-refractivity contribution in [3.63, 3.8) is 0 Å². The van der Waals surface area contributed by atoms with E-state index >= 15 is 0 Å². The van der Waals surface area contributed by atoms with E-state index in [2.05, 4.69) is 20.3 Å². The second-order valence-corrected chi connectivity index (χ2v) is 7.88. The Balaban J connectivity index is 1.64. The molecule has 3 N–H and O–H groups in total. The number of amides is 1. The van der Waals surface area contributed by atoms with E-state index in [1.54, 1.807) is 16.5 Å². The van der Waals surface area contributed by atoms with Gasteiger partial charge in [0, 0.05) is 20.1 Å². The van der Waals surface area contributed by atoms with E-state index in [4.69, 9.17) is 16.3 Å². The number of aromatic nitrogens is 4. The molecule has 2 aromatic heterocycles. The molecular formula is C15H19ClN6O4S. The fourth-order valence-electron chi connectivity index (χ4n) is 3.31. The molecule has 10 nitrogen and oxygen atoms in total. The van der Waals surface area contributed by atoms with Crippen LogP contribution in [-0.4, -0.2) is 91.3 Å². The van der Waals surface area contributed by atoms with E-state index < -0.39 is 22.8 Å². The number of fused-ring (bicyclic) bond motifs is 1.